The molecule has 0 atom stereocenters. The number of amides is 1. The highest BCUT2D eigenvalue weighted by molar-refractivity contribution is 5.91. The van der Waals surface area contributed by atoms with E-state index >= 15 is 0 Å². The van der Waals surface area contributed by atoms with Gasteiger partial charge in [-0.1, -0.05) is 63.2 Å². The molecule has 2 aromatic carbocycles. The van der Waals surface area contributed by atoms with Crippen molar-refractivity contribution in [1.29, 1.82) is 0 Å². The average molecular weight is 377 g/mol. The summed E-state index contributed by atoms with van der Waals surface area (Å²) < 4.78 is 11.4. The van der Waals surface area contributed by atoms with Gasteiger partial charge in [0.25, 0.3) is 5.91 Å². The average Bonchev–Trinajstić information content (AvgIpc) is 3.20. The molecule has 0 fully saturated rings. The normalized spacial score (nSPS) is 11.2. The molecule has 4 nitrogen and oxygen atoms in total. The molecular formula is C24H27NO3. The van der Waals surface area contributed by atoms with Crippen LogP contribution < -0.4 is 10.1 Å². The van der Waals surface area contributed by atoms with Crippen LogP contribution in [0.1, 0.15) is 54.6 Å². The maximum absolute atomic E-state index is 11.9. The lowest BCUT2D eigenvalue weighted by Gasteiger charge is -2.26. The van der Waals surface area contributed by atoms with Crippen molar-refractivity contribution in [2.24, 2.45) is 0 Å². The Morgan fingerprint density at radius 1 is 0.964 bits per heavy atom. The van der Waals surface area contributed by atoms with Crippen molar-refractivity contribution in [3.05, 3.63) is 89.4 Å². The largest absolute Gasteiger partial charge is 0.486 e. The molecular weight excluding hydrogens is 350 g/mol. The number of benzene rings is 2. The number of carbonyl (C=O) groups excluding carboxylic acids is 1. The maximum Gasteiger partial charge on any atom is 0.286 e. The highest BCUT2D eigenvalue weighted by Gasteiger charge is 2.22. The third-order valence-corrected chi connectivity index (χ3v) is 4.87. The minimum Gasteiger partial charge on any atom is -0.486 e. The van der Waals surface area contributed by atoms with Crippen molar-refractivity contribution < 1.29 is 13.9 Å². The summed E-state index contributed by atoms with van der Waals surface area (Å²) in [6.45, 7) is 7.35. The number of furan rings is 1. The molecule has 1 heterocycles. The Bertz CT molecular complexity index is 895. The predicted octanol–water partition coefficient (Wildman–Crippen LogP) is 5.32. The van der Waals surface area contributed by atoms with E-state index in [1.165, 1.54) is 11.1 Å². The van der Waals surface area contributed by atoms with Gasteiger partial charge in [0, 0.05) is 12.0 Å². The number of rotatable bonds is 8. The molecule has 0 radical (unpaired) electrons. The zero-order valence-corrected chi connectivity index (χ0v) is 16.7. The molecule has 0 saturated heterocycles. The Kier molecular flexibility index (Phi) is 6.19. The van der Waals surface area contributed by atoms with Crippen LogP contribution in [0.2, 0.25) is 0 Å². The minimum atomic E-state index is -0.194. The smallest absolute Gasteiger partial charge is 0.286 e. The molecule has 0 spiro atoms. The van der Waals surface area contributed by atoms with Crippen LogP contribution in [-0.4, -0.2) is 12.5 Å². The van der Waals surface area contributed by atoms with Crippen LogP contribution in [0.3, 0.4) is 0 Å². The topological polar surface area (TPSA) is 51.5 Å². The third kappa shape index (κ3) is 4.63. The van der Waals surface area contributed by atoms with E-state index < -0.39 is 0 Å². The van der Waals surface area contributed by atoms with Gasteiger partial charge in [-0.2, -0.15) is 0 Å². The summed E-state index contributed by atoms with van der Waals surface area (Å²) in [5.41, 5.74) is 2.41. The Morgan fingerprint density at radius 3 is 2.32 bits per heavy atom. The monoisotopic (exact) mass is 377 g/mol. The highest BCUT2D eigenvalue weighted by Crippen LogP contribution is 2.32. The second-order valence-electron chi connectivity index (χ2n) is 7.33. The molecule has 3 aromatic rings. The van der Waals surface area contributed by atoms with Crippen LogP contribution in [-0.2, 0) is 12.0 Å². The van der Waals surface area contributed by atoms with Crippen molar-refractivity contribution in [3.8, 4) is 5.75 Å². The van der Waals surface area contributed by atoms with E-state index in [2.05, 4.69) is 55.6 Å². The first-order chi connectivity index (χ1) is 13.5. The summed E-state index contributed by atoms with van der Waals surface area (Å²) in [5.74, 6) is 1.50. The van der Waals surface area contributed by atoms with Gasteiger partial charge in [-0.15, -0.1) is 0 Å². The van der Waals surface area contributed by atoms with E-state index in [1.54, 1.807) is 12.1 Å². The fourth-order valence-electron chi connectivity index (χ4n) is 3.05. The van der Waals surface area contributed by atoms with E-state index in [9.17, 15) is 4.79 Å². The third-order valence-electron chi connectivity index (χ3n) is 4.87. The van der Waals surface area contributed by atoms with Gasteiger partial charge in [0.2, 0.25) is 0 Å². The fourth-order valence-corrected chi connectivity index (χ4v) is 3.05. The van der Waals surface area contributed by atoms with E-state index in [-0.39, 0.29) is 17.9 Å². The summed E-state index contributed by atoms with van der Waals surface area (Å²) in [6, 6.07) is 22.0. The maximum atomic E-state index is 11.9. The van der Waals surface area contributed by atoms with Crippen molar-refractivity contribution in [3.63, 3.8) is 0 Å². The summed E-state index contributed by atoms with van der Waals surface area (Å²) in [6.07, 6.45) is 0.888. The lowest BCUT2D eigenvalue weighted by atomic mass is 9.78. The number of hydrogen-bond donors (Lipinski definition) is 1. The summed E-state index contributed by atoms with van der Waals surface area (Å²) in [5, 5.41) is 2.80. The zero-order chi connectivity index (χ0) is 20.0. The fraction of sp³-hybridized carbons (Fsp3) is 0.292. The zero-order valence-electron chi connectivity index (χ0n) is 16.7. The van der Waals surface area contributed by atoms with Crippen LogP contribution in [0.4, 0.5) is 0 Å². The Hall–Kier alpha value is -3.01. The van der Waals surface area contributed by atoms with Gasteiger partial charge in [0.1, 0.15) is 18.1 Å². The minimum absolute atomic E-state index is 0.0818. The predicted molar refractivity (Wildman–Crippen MR) is 111 cm³/mol. The molecule has 146 valence electrons. The second kappa shape index (κ2) is 8.79. The quantitative estimate of drug-likeness (QED) is 0.578. The molecule has 1 amide bonds. The van der Waals surface area contributed by atoms with Gasteiger partial charge < -0.3 is 14.5 Å². The SMILES string of the molecule is CCCNC(=O)c1ccc(COc2ccc(C(C)(C)c3ccccc3)cc2)o1. The first kappa shape index (κ1) is 19.7. The second-order valence-corrected chi connectivity index (χ2v) is 7.33. The van der Waals surface area contributed by atoms with E-state index in [0.29, 0.717) is 18.1 Å². The summed E-state index contributed by atoms with van der Waals surface area (Å²) in [7, 11) is 0. The van der Waals surface area contributed by atoms with Crippen LogP contribution >= 0.6 is 0 Å². The molecule has 28 heavy (non-hydrogen) atoms. The molecule has 0 aliphatic carbocycles. The summed E-state index contributed by atoms with van der Waals surface area (Å²) in [4.78, 5) is 11.9. The molecule has 1 aromatic heterocycles. The van der Waals surface area contributed by atoms with Gasteiger partial charge in [0.05, 0.1) is 0 Å². The van der Waals surface area contributed by atoms with Crippen LogP contribution in [0.5, 0.6) is 5.75 Å². The standard InChI is InChI=1S/C24H27NO3/c1-4-16-25-23(26)22-15-14-21(28-22)17-27-20-12-10-19(11-13-20)24(2,3)18-8-6-5-7-9-18/h5-15H,4,16-17H2,1-3H3,(H,25,26). The first-order valence-corrected chi connectivity index (χ1v) is 9.66. The van der Waals surface area contributed by atoms with Gasteiger partial charge in [-0.05, 0) is 41.8 Å². The molecule has 0 saturated carbocycles. The van der Waals surface area contributed by atoms with Crippen molar-refractivity contribution in [2.75, 3.05) is 6.54 Å². The van der Waals surface area contributed by atoms with Crippen molar-refractivity contribution in [2.45, 2.75) is 39.2 Å². The van der Waals surface area contributed by atoms with Crippen molar-refractivity contribution in [1.82, 2.24) is 5.32 Å². The molecule has 4 heteroatoms. The highest BCUT2D eigenvalue weighted by atomic mass is 16.5. The van der Waals surface area contributed by atoms with Gasteiger partial charge in [-0.25, -0.2) is 0 Å². The number of hydrogen-bond acceptors (Lipinski definition) is 3. The molecule has 0 aliphatic rings. The van der Waals surface area contributed by atoms with E-state index in [4.69, 9.17) is 9.15 Å². The molecule has 0 bridgehead atoms. The van der Waals surface area contributed by atoms with Gasteiger partial charge in [0.15, 0.2) is 5.76 Å². The van der Waals surface area contributed by atoms with Crippen molar-refractivity contribution >= 4 is 5.91 Å². The van der Waals surface area contributed by atoms with Crippen LogP contribution in [0.25, 0.3) is 0 Å². The lowest BCUT2D eigenvalue weighted by molar-refractivity contribution is 0.0922. The molecule has 3 rings (SSSR count). The van der Waals surface area contributed by atoms with Crippen LogP contribution in [0.15, 0.2) is 71.1 Å². The number of ether oxygens (including phenoxy) is 1. The van der Waals surface area contributed by atoms with Gasteiger partial charge in [-0.3, -0.25) is 4.79 Å². The van der Waals surface area contributed by atoms with Crippen LogP contribution in [0, 0.1) is 0 Å². The molecule has 0 unspecified atom stereocenters. The molecule has 0 aliphatic heterocycles. The number of carbonyl (C=O) groups is 1. The van der Waals surface area contributed by atoms with E-state index in [1.807, 2.05) is 25.1 Å². The van der Waals surface area contributed by atoms with Gasteiger partial charge >= 0.3 is 0 Å². The number of nitrogens with one attached hydrogen (secondary N) is 1. The Balaban J connectivity index is 1.61. The molecule has 1 N–H and O–H groups in total. The first-order valence-electron chi connectivity index (χ1n) is 9.66. The van der Waals surface area contributed by atoms with E-state index in [0.717, 1.165) is 12.2 Å². The Morgan fingerprint density at radius 2 is 1.64 bits per heavy atom. The Labute approximate surface area is 166 Å². The lowest BCUT2D eigenvalue weighted by Crippen LogP contribution is -2.23. The summed E-state index contributed by atoms with van der Waals surface area (Å²) >= 11 is 0.